The molecular formula is C26H39NO10. The van der Waals surface area contributed by atoms with E-state index in [1.807, 2.05) is 27.7 Å². The van der Waals surface area contributed by atoms with Gasteiger partial charge in [0.2, 0.25) is 0 Å². The Labute approximate surface area is 217 Å². The SMILES string of the molecule is CC(C)COC(=O)Oc1ccc(C(CC(C)OC(=O)C(C)C)[C@H](N)C(=O)O)cc1OC(=O)OCC(C)C. The van der Waals surface area contributed by atoms with Gasteiger partial charge >= 0.3 is 24.2 Å². The van der Waals surface area contributed by atoms with Crippen molar-refractivity contribution in [1.29, 1.82) is 0 Å². The van der Waals surface area contributed by atoms with Crippen LogP contribution in [0.2, 0.25) is 0 Å². The van der Waals surface area contributed by atoms with Gasteiger partial charge in [0.05, 0.1) is 25.2 Å². The van der Waals surface area contributed by atoms with Crippen molar-refractivity contribution in [2.45, 2.75) is 73.0 Å². The number of rotatable bonds is 13. The Hall–Kier alpha value is -3.34. The van der Waals surface area contributed by atoms with E-state index in [1.165, 1.54) is 18.2 Å². The topological polar surface area (TPSA) is 161 Å². The zero-order valence-corrected chi connectivity index (χ0v) is 22.5. The van der Waals surface area contributed by atoms with Gasteiger partial charge in [-0.25, -0.2) is 9.59 Å². The van der Waals surface area contributed by atoms with Gasteiger partial charge in [-0.15, -0.1) is 0 Å². The van der Waals surface area contributed by atoms with Gasteiger partial charge in [-0.2, -0.15) is 0 Å². The van der Waals surface area contributed by atoms with E-state index in [9.17, 15) is 24.3 Å². The Kier molecular flexibility index (Phi) is 12.9. The van der Waals surface area contributed by atoms with E-state index in [0.717, 1.165) is 0 Å². The summed E-state index contributed by atoms with van der Waals surface area (Å²) >= 11 is 0. The van der Waals surface area contributed by atoms with Crippen LogP contribution in [0.5, 0.6) is 11.5 Å². The first-order valence-electron chi connectivity index (χ1n) is 12.2. The number of hydrogen-bond acceptors (Lipinski definition) is 10. The number of ether oxygens (including phenoxy) is 5. The van der Waals surface area contributed by atoms with Crippen LogP contribution in [-0.4, -0.2) is 54.7 Å². The highest BCUT2D eigenvalue weighted by atomic mass is 16.7. The van der Waals surface area contributed by atoms with Crippen molar-refractivity contribution >= 4 is 24.2 Å². The molecule has 0 heterocycles. The molecule has 2 unspecified atom stereocenters. The van der Waals surface area contributed by atoms with E-state index >= 15 is 0 Å². The molecule has 1 aromatic rings. The third kappa shape index (κ3) is 11.5. The minimum atomic E-state index is -1.37. The maximum atomic E-state index is 12.3. The summed E-state index contributed by atoms with van der Waals surface area (Å²) in [4.78, 5) is 48.1. The summed E-state index contributed by atoms with van der Waals surface area (Å²) in [6.07, 6.45) is -2.63. The minimum absolute atomic E-state index is 0.0496. The number of aliphatic carboxylic acids is 1. The molecule has 208 valence electrons. The van der Waals surface area contributed by atoms with Gasteiger partial charge in [0.25, 0.3) is 0 Å². The molecule has 0 aliphatic heterocycles. The first kappa shape index (κ1) is 31.7. The number of carbonyl (C=O) groups excluding carboxylic acids is 3. The van der Waals surface area contributed by atoms with Crippen molar-refractivity contribution in [3.63, 3.8) is 0 Å². The minimum Gasteiger partial charge on any atom is -0.480 e. The summed E-state index contributed by atoms with van der Waals surface area (Å²) < 4.78 is 26.0. The van der Waals surface area contributed by atoms with Gasteiger partial charge in [0.15, 0.2) is 11.5 Å². The van der Waals surface area contributed by atoms with E-state index in [1.54, 1.807) is 20.8 Å². The molecule has 0 aliphatic rings. The standard InChI is InChI=1S/C26H39NO10/c1-14(2)12-33-25(31)36-20-9-8-18(11-21(20)37-26(32)34-13-15(3)4)19(22(27)23(28)29)10-17(7)35-24(30)16(5)6/h8-9,11,14-17,19,22H,10,12-13,27H2,1-7H3,(H,28,29)/t17?,19?,22-/m0/s1. The molecular weight excluding hydrogens is 486 g/mol. The van der Waals surface area contributed by atoms with Crippen LogP contribution in [0, 0.1) is 17.8 Å². The summed E-state index contributed by atoms with van der Waals surface area (Å²) in [7, 11) is 0. The first-order valence-corrected chi connectivity index (χ1v) is 12.2. The second kappa shape index (κ2) is 15.0. The second-order valence-electron chi connectivity index (χ2n) is 9.93. The molecule has 0 aromatic heterocycles. The zero-order chi connectivity index (χ0) is 28.3. The molecule has 0 spiro atoms. The fourth-order valence-electron chi connectivity index (χ4n) is 3.03. The van der Waals surface area contributed by atoms with Crippen molar-refractivity contribution in [3.8, 4) is 11.5 Å². The lowest BCUT2D eigenvalue weighted by Gasteiger charge is -2.25. The molecule has 1 aromatic carbocycles. The number of hydrogen-bond donors (Lipinski definition) is 2. The Balaban J connectivity index is 3.32. The predicted octanol–water partition coefficient (Wildman–Crippen LogP) is 4.50. The zero-order valence-electron chi connectivity index (χ0n) is 22.5. The quantitative estimate of drug-likeness (QED) is 0.212. The molecule has 0 radical (unpaired) electrons. The van der Waals surface area contributed by atoms with E-state index in [4.69, 9.17) is 29.4 Å². The highest BCUT2D eigenvalue weighted by Crippen LogP contribution is 2.35. The molecule has 37 heavy (non-hydrogen) atoms. The monoisotopic (exact) mass is 525 g/mol. The maximum absolute atomic E-state index is 12.3. The molecule has 11 heteroatoms. The molecule has 0 bridgehead atoms. The van der Waals surface area contributed by atoms with E-state index < -0.39 is 42.3 Å². The molecule has 1 rings (SSSR count). The number of carboxylic acid groups (broad SMARTS) is 1. The largest absolute Gasteiger partial charge is 0.513 e. The molecule has 0 aliphatic carbocycles. The summed E-state index contributed by atoms with van der Waals surface area (Å²) in [5.41, 5.74) is 6.33. The first-order chi connectivity index (χ1) is 17.2. The number of benzene rings is 1. The van der Waals surface area contributed by atoms with Gasteiger partial charge in [0.1, 0.15) is 6.04 Å². The summed E-state index contributed by atoms with van der Waals surface area (Å²) in [5, 5.41) is 9.59. The third-order valence-electron chi connectivity index (χ3n) is 4.94. The van der Waals surface area contributed by atoms with Crippen LogP contribution in [0.3, 0.4) is 0 Å². The van der Waals surface area contributed by atoms with Gasteiger partial charge in [0, 0.05) is 5.92 Å². The summed E-state index contributed by atoms with van der Waals surface area (Å²) in [5.74, 6) is -3.13. The van der Waals surface area contributed by atoms with Crippen LogP contribution < -0.4 is 15.2 Å². The average molecular weight is 526 g/mol. The Morgan fingerprint density at radius 2 is 1.35 bits per heavy atom. The van der Waals surface area contributed by atoms with Gasteiger partial charge in [-0.05, 0) is 42.9 Å². The number of nitrogens with two attached hydrogens (primary N) is 1. The summed E-state index contributed by atoms with van der Waals surface area (Å²) in [6, 6.07) is 2.79. The lowest BCUT2D eigenvalue weighted by Crippen LogP contribution is -2.38. The maximum Gasteiger partial charge on any atom is 0.513 e. The number of carbonyl (C=O) groups is 4. The fourth-order valence-corrected chi connectivity index (χ4v) is 3.03. The lowest BCUT2D eigenvalue weighted by atomic mass is 9.87. The molecule has 0 amide bonds. The molecule has 0 saturated carbocycles. The van der Waals surface area contributed by atoms with Gasteiger partial charge in [-0.3, -0.25) is 9.59 Å². The Morgan fingerprint density at radius 3 is 1.81 bits per heavy atom. The Bertz CT molecular complexity index is 928. The molecule has 3 N–H and O–H groups in total. The second-order valence-corrected chi connectivity index (χ2v) is 9.93. The molecule has 3 atom stereocenters. The highest BCUT2D eigenvalue weighted by molar-refractivity contribution is 5.75. The summed E-state index contributed by atoms with van der Waals surface area (Å²) in [6.45, 7) is 12.6. The van der Waals surface area contributed by atoms with Crippen LogP contribution in [0.25, 0.3) is 0 Å². The molecule has 0 saturated heterocycles. The molecule has 0 fully saturated rings. The van der Waals surface area contributed by atoms with Crippen molar-refractivity contribution in [2.75, 3.05) is 13.2 Å². The van der Waals surface area contributed by atoms with Gasteiger partial charge in [-0.1, -0.05) is 47.6 Å². The Morgan fingerprint density at radius 1 is 0.838 bits per heavy atom. The normalized spacial score (nSPS) is 13.6. The van der Waals surface area contributed by atoms with Crippen molar-refractivity contribution < 1.29 is 48.0 Å². The molecule has 11 nitrogen and oxygen atoms in total. The van der Waals surface area contributed by atoms with E-state index in [2.05, 4.69) is 0 Å². The smallest absolute Gasteiger partial charge is 0.480 e. The van der Waals surface area contributed by atoms with Crippen LogP contribution in [0.15, 0.2) is 18.2 Å². The van der Waals surface area contributed by atoms with Crippen LogP contribution in [0.1, 0.15) is 66.4 Å². The number of esters is 1. The van der Waals surface area contributed by atoms with Crippen molar-refractivity contribution in [1.82, 2.24) is 0 Å². The lowest BCUT2D eigenvalue weighted by molar-refractivity contribution is -0.152. The van der Waals surface area contributed by atoms with Crippen LogP contribution in [-0.2, 0) is 23.8 Å². The van der Waals surface area contributed by atoms with Gasteiger partial charge < -0.3 is 34.5 Å². The van der Waals surface area contributed by atoms with Crippen LogP contribution >= 0.6 is 0 Å². The predicted molar refractivity (Wildman–Crippen MR) is 133 cm³/mol. The average Bonchev–Trinajstić information content (AvgIpc) is 2.80. The van der Waals surface area contributed by atoms with Crippen LogP contribution in [0.4, 0.5) is 9.59 Å². The number of carboxylic acids is 1. The van der Waals surface area contributed by atoms with E-state index in [-0.39, 0.29) is 48.9 Å². The van der Waals surface area contributed by atoms with E-state index in [0.29, 0.717) is 5.56 Å². The fraction of sp³-hybridized carbons (Fsp3) is 0.615. The highest BCUT2D eigenvalue weighted by Gasteiger charge is 2.30. The third-order valence-corrected chi connectivity index (χ3v) is 4.94. The van der Waals surface area contributed by atoms with Crippen molar-refractivity contribution in [3.05, 3.63) is 23.8 Å². The van der Waals surface area contributed by atoms with Crippen molar-refractivity contribution in [2.24, 2.45) is 23.5 Å².